The Hall–Kier alpha value is -3.19. The molecule has 0 heterocycles. The van der Waals surface area contributed by atoms with Crippen LogP contribution in [0.15, 0.2) is 77.3 Å². The molecule has 0 aliphatic heterocycles. The molecule has 3 aromatic rings. The van der Waals surface area contributed by atoms with Crippen molar-refractivity contribution in [3.8, 4) is 5.75 Å². The summed E-state index contributed by atoms with van der Waals surface area (Å²) in [5, 5.41) is 3.15. The predicted molar refractivity (Wildman–Crippen MR) is 146 cm³/mol. The lowest BCUT2D eigenvalue weighted by Gasteiger charge is -2.32. The van der Waals surface area contributed by atoms with Crippen LogP contribution in [0.5, 0.6) is 5.75 Å². The summed E-state index contributed by atoms with van der Waals surface area (Å²) in [5.74, 6) is -0.472. The van der Waals surface area contributed by atoms with Gasteiger partial charge in [0.1, 0.15) is 17.6 Å². The lowest BCUT2D eigenvalue weighted by atomic mass is 10.0. The fourth-order valence-corrected chi connectivity index (χ4v) is 4.91. The summed E-state index contributed by atoms with van der Waals surface area (Å²) in [4.78, 5) is 28.7. The van der Waals surface area contributed by atoms with Crippen molar-refractivity contribution in [3.63, 3.8) is 0 Å². The topological polar surface area (TPSA) is 58.6 Å². The molecule has 1 unspecified atom stereocenters. The molecular formula is C30H32BrFN2O3. The fraction of sp³-hybridized carbons (Fsp3) is 0.333. The highest BCUT2D eigenvalue weighted by Gasteiger charge is 2.32. The van der Waals surface area contributed by atoms with Crippen molar-refractivity contribution < 1.29 is 18.7 Å². The SMILES string of the molecule is Cc1cc(OCC(=O)N(Cc2ccccc2F)C(Cc2ccccc2)C(=O)NC2CCCC2)ccc1Br. The standard InChI is InChI=1S/C30H32BrFN2O3/c1-21-17-25(15-16-26(21)31)37-20-29(35)34(19-23-11-5-8-14-27(23)32)28(18-22-9-3-2-4-10-22)30(36)33-24-12-6-7-13-24/h2-5,8-11,14-17,24,28H,6-7,12-13,18-20H2,1H3,(H,33,36). The van der Waals surface area contributed by atoms with Gasteiger partial charge in [-0.1, -0.05) is 77.3 Å². The Morgan fingerprint density at radius 1 is 1.05 bits per heavy atom. The Morgan fingerprint density at radius 3 is 2.46 bits per heavy atom. The van der Waals surface area contributed by atoms with E-state index >= 15 is 0 Å². The molecule has 37 heavy (non-hydrogen) atoms. The average molecular weight is 567 g/mol. The molecule has 1 aliphatic rings. The van der Waals surface area contributed by atoms with Gasteiger partial charge in [-0.05, 0) is 55.2 Å². The summed E-state index contributed by atoms with van der Waals surface area (Å²) in [6.45, 7) is 1.63. The largest absolute Gasteiger partial charge is 0.484 e. The highest BCUT2D eigenvalue weighted by molar-refractivity contribution is 9.10. The summed E-state index contributed by atoms with van der Waals surface area (Å²) in [6.07, 6.45) is 4.32. The van der Waals surface area contributed by atoms with Crippen LogP contribution in [0.2, 0.25) is 0 Å². The number of carbonyl (C=O) groups excluding carboxylic acids is 2. The summed E-state index contributed by atoms with van der Waals surface area (Å²) in [6, 6.07) is 20.7. The molecule has 0 spiro atoms. The summed E-state index contributed by atoms with van der Waals surface area (Å²) in [5.41, 5.74) is 2.25. The monoisotopic (exact) mass is 566 g/mol. The van der Waals surface area contributed by atoms with Crippen LogP contribution < -0.4 is 10.1 Å². The maximum Gasteiger partial charge on any atom is 0.261 e. The van der Waals surface area contributed by atoms with Gasteiger partial charge in [0.05, 0.1) is 0 Å². The number of carbonyl (C=O) groups is 2. The van der Waals surface area contributed by atoms with Gasteiger partial charge in [0.15, 0.2) is 6.61 Å². The molecule has 5 nitrogen and oxygen atoms in total. The van der Waals surface area contributed by atoms with Gasteiger partial charge >= 0.3 is 0 Å². The maximum absolute atomic E-state index is 14.7. The van der Waals surface area contributed by atoms with Crippen molar-refractivity contribution in [2.75, 3.05) is 6.61 Å². The van der Waals surface area contributed by atoms with Crippen LogP contribution in [0.25, 0.3) is 0 Å². The second-order valence-electron chi connectivity index (χ2n) is 9.51. The van der Waals surface area contributed by atoms with E-state index in [1.807, 2.05) is 49.4 Å². The number of hydrogen-bond donors (Lipinski definition) is 1. The van der Waals surface area contributed by atoms with Crippen molar-refractivity contribution >= 4 is 27.7 Å². The Morgan fingerprint density at radius 2 is 1.76 bits per heavy atom. The molecule has 1 aliphatic carbocycles. The third-order valence-electron chi connectivity index (χ3n) is 6.76. The minimum atomic E-state index is -0.814. The van der Waals surface area contributed by atoms with Gasteiger partial charge in [0.25, 0.3) is 5.91 Å². The number of benzene rings is 3. The maximum atomic E-state index is 14.7. The Balaban J connectivity index is 1.62. The van der Waals surface area contributed by atoms with Crippen LogP contribution in [0, 0.1) is 12.7 Å². The summed E-state index contributed by atoms with van der Waals surface area (Å²) in [7, 11) is 0. The van der Waals surface area contributed by atoms with E-state index in [-0.39, 0.29) is 31.0 Å². The van der Waals surface area contributed by atoms with Gasteiger partial charge in [-0.15, -0.1) is 0 Å². The van der Waals surface area contributed by atoms with Crippen LogP contribution in [-0.4, -0.2) is 35.4 Å². The molecule has 1 N–H and O–H groups in total. The van der Waals surface area contributed by atoms with Crippen molar-refractivity contribution in [1.82, 2.24) is 10.2 Å². The van der Waals surface area contributed by atoms with Gasteiger partial charge < -0.3 is 15.0 Å². The molecule has 1 atom stereocenters. The number of halogens is 2. The molecule has 0 aromatic heterocycles. The van der Waals surface area contributed by atoms with Gasteiger partial charge in [-0.3, -0.25) is 9.59 Å². The predicted octanol–water partition coefficient (Wildman–Crippen LogP) is 5.97. The molecule has 7 heteroatoms. The highest BCUT2D eigenvalue weighted by atomic mass is 79.9. The minimum Gasteiger partial charge on any atom is -0.484 e. The normalized spacial score (nSPS) is 14.2. The van der Waals surface area contributed by atoms with E-state index in [2.05, 4.69) is 21.2 Å². The van der Waals surface area contributed by atoms with Gasteiger partial charge in [0, 0.05) is 29.0 Å². The molecule has 4 rings (SSSR count). The van der Waals surface area contributed by atoms with Crippen LogP contribution in [0.3, 0.4) is 0 Å². The van der Waals surface area contributed by atoms with Crippen LogP contribution in [-0.2, 0) is 22.6 Å². The molecule has 1 fully saturated rings. The summed E-state index contributed by atoms with van der Waals surface area (Å²) >= 11 is 3.47. The van der Waals surface area contributed by atoms with Crippen LogP contribution >= 0.6 is 15.9 Å². The Kier molecular flexibility index (Phi) is 9.34. The smallest absolute Gasteiger partial charge is 0.261 e. The van der Waals surface area contributed by atoms with Crippen molar-refractivity contribution in [1.29, 1.82) is 0 Å². The second kappa shape index (κ2) is 12.9. The molecule has 3 aromatic carbocycles. The zero-order chi connectivity index (χ0) is 26.2. The van der Waals surface area contributed by atoms with Crippen LogP contribution in [0.4, 0.5) is 4.39 Å². The fourth-order valence-electron chi connectivity index (χ4n) is 4.67. The van der Waals surface area contributed by atoms with E-state index in [0.29, 0.717) is 17.7 Å². The highest BCUT2D eigenvalue weighted by Crippen LogP contribution is 2.23. The number of ether oxygens (including phenoxy) is 1. The van der Waals surface area contributed by atoms with E-state index in [1.165, 1.54) is 11.0 Å². The quantitative estimate of drug-likeness (QED) is 0.328. The first-order chi connectivity index (χ1) is 17.9. The third kappa shape index (κ3) is 7.41. The van der Waals surface area contributed by atoms with E-state index in [0.717, 1.165) is 41.3 Å². The molecule has 0 bridgehead atoms. The second-order valence-corrected chi connectivity index (χ2v) is 10.4. The number of nitrogens with one attached hydrogen (secondary N) is 1. The molecular weight excluding hydrogens is 535 g/mol. The number of amides is 2. The zero-order valence-corrected chi connectivity index (χ0v) is 22.5. The third-order valence-corrected chi connectivity index (χ3v) is 7.65. The summed E-state index contributed by atoms with van der Waals surface area (Å²) < 4.78 is 21.5. The Labute approximate surface area is 226 Å². The first-order valence-electron chi connectivity index (χ1n) is 12.7. The van der Waals surface area contributed by atoms with E-state index in [9.17, 15) is 14.0 Å². The molecule has 0 saturated heterocycles. The number of rotatable bonds is 10. The van der Waals surface area contributed by atoms with Gasteiger partial charge in [0.2, 0.25) is 5.91 Å². The minimum absolute atomic E-state index is 0.0379. The number of nitrogens with zero attached hydrogens (tertiary/aromatic N) is 1. The average Bonchev–Trinajstić information content (AvgIpc) is 3.41. The lowest BCUT2D eigenvalue weighted by Crippen LogP contribution is -2.53. The van der Waals surface area contributed by atoms with Gasteiger partial charge in [-0.2, -0.15) is 0 Å². The molecule has 1 saturated carbocycles. The Bertz CT molecular complexity index is 1210. The van der Waals surface area contributed by atoms with E-state index in [4.69, 9.17) is 4.74 Å². The van der Waals surface area contributed by atoms with Crippen LogP contribution in [0.1, 0.15) is 42.4 Å². The van der Waals surface area contributed by atoms with E-state index < -0.39 is 11.9 Å². The van der Waals surface area contributed by atoms with E-state index in [1.54, 1.807) is 24.3 Å². The zero-order valence-electron chi connectivity index (χ0n) is 21.0. The van der Waals surface area contributed by atoms with Crippen molar-refractivity contribution in [2.45, 2.75) is 57.7 Å². The lowest BCUT2D eigenvalue weighted by molar-refractivity contribution is -0.143. The van der Waals surface area contributed by atoms with Crippen molar-refractivity contribution in [3.05, 3.63) is 99.8 Å². The first-order valence-corrected chi connectivity index (χ1v) is 13.5. The first kappa shape index (κ1) is 26.9. The molecule has 0 radical (unpaired) electrons. The number of aryl methyl sites for hydroxylation is 1. The molecule has 2 amide bonds. The van der Waals surface area contributed by atoms with Gasteiger partial charge in [-0.25, -0.2) is 4.39 Å². The number of hydrogen-bond acceptors (Lipinski definition) is 3. The van der Waals surface area contributed by atoms with Crippen molar-refractivity contribution in [2.24, 2.45) is 0 Å². The molecule has 194 valence electrons.